The Hall–Kier alpha value is -3.75. The van der Waals surface area contributed by atoms with Gasteiger partial charge in [0, 0.05) is 5.39 Å². The molecule has 4 rings (SSSR count). The van der Waals surface area contributed by atoms with Gasteiger partial charge in [-0.25, -0.2) is 4.79 Å². The summed E-state index contributed by atoms with van der Waals surface area (Å²) in [6.07, 6.45) is -1.04. The minimum absolute atomic E-state index is 0.0280. The SMILES string of the molecule is CC(=O)c1c(C)oc2ccc(N(C(=O)Oc3ccccc3)[S+](=O)(O)c3ccccc3)cc12. The average molecular weight is 450 g/mol. The second-order valence-corrected chi connectivity index (χ2v) is 8.88. The summed E-state index contributed by atoms with van der Waals surface area (Å²) in [6, 6.07) is 20.5. The van der Waals surface area contributed by atoms with E-state index < -0.39 is 16.5 Å². The number of furan rings is 1. The number of carbonyl (C=O) groups excluding carboxylic acids is 2. The first-order chi connectivity index (χ1) is 15.3. The topological polar surface area (TPSA) is 97.0 Å². The van der Waals surface area contributed by atoms with Gasteiger partial charge in [-0.3, -0.25) is 4.79 Å². The third kappa shape index (κ3) is 3.93. The molecule has 0 saturated heterocycles. The van der Waals surface area contributed by atoms with Gasteiger partial charge in [0.25, 0.3) is 0 Å². The summed E-state index contributed by atoms with van der Waals surface area (Å²) in [6.45, 7) is 3.07. The van der Waals surface area contributed by atoms with Crippen molar-refractivity contribution in [1.29, 1.82) is 0 Å². The predicted octanol–water partition coefficient (Wildman–Crippen LogP) is 5.90. The van der Waals surface area contributed by atoms with E-state index in [4.69, 9.17) is 9.15 Å². The van der Waals surface area contributed by atoms with Gasteiger partial charge in [0.1, 0.15) is 22.8 Å². The molecule has 162 valence electrons. The Balaban J connectivity index is 1.87. The molecular weight excluding hydrogens is 430 g/mol. The van der Waals surface area contributed by atoms with Gasteiger partial charge in [0.05, 0.1) is 5.56 Å². The number of anilines is 1. The largest absolute Gasteiger partial charge is 0.464 e. The molecule has 0 aliphatic rings. The molecule has 1 unspecified atom stereocenters. The van der Waals surface area contributed by atoms with E-state index in [-0.39, 0.29) is 22.1 Å². The monoisotopic (exact) mass is 450 g/mol. The Morgan fingerprint density at radius 3 is 2.22 bits per heavy atom. The van der Waals surface area contributed by atoms with Gasteiger partial charge in [-0.05, 0) is 60.5 Å². The quantitative estimate of drug-likeness (QED) is 0.300. The molecule has 1 N–H and O–H groups in total. The summed E-state index contributed by atoms with van der Waals surface area (Å²) in [4.78, 5) is 25.3. The van der Waals surface area contributed by atoms with Crippen molar-refractivity contribution in [2.45, 2.75) is 18.7 Å². The van der Waals surface area contributed by atoms with Crippen LogP contribution in [-0.4, -0.2) is 16.4 Å². The molecule has 3 aromatic carbocycles. The molecular formula is C24H20NO6S+. The fraction of sp³-hybridized carbons (Fsp3) is 0.0833. The Labute approximate surface area is 185 Å². The number of amides is 1. The van der Waals surface area contributed by atoms with Crippen LogP contribution in [0, 0.1) is 6.92 Å². The maximum absolute atomic E-state index is 13.6. The van der Waals surface area contributed by atoms with Crippen molar-refractivity contribution in [3.05, 3.63) is 90.2 Å². The van der Waals surface area contributed by atoms with Crippen molar-refractivity contribution in [2.75, 3.05) is 4.31 Å². The lowest BCUT2D eigenvalue weighted by Crippen LogP contribution is -2.43. The van der Waals surface area contributed by atoms with Gasteiger partial charge in [0.15, 0.2) is 5.78 Å². The minimum Gasteiger partial charge on any atom is -0.461 e. The van der Waals surface area contributed by atoms with Crippen LogP contribution in [0.2, 0.25) is 0 Å². The highest BCUT2D eigenvalue weighted by Crippen LogP contribution is 2.34. The fourth-order valence-corrected chi connectivity index (χ4v) is 4.82. The number of hydrogen-bond acceptors (Lipinski definition) is 5. The van der Waals surface area contributed by atoms with E-state index in [0.29, 0.717) is 26.6 Å². The van der Waals surface area contributed by atoms with Crippen molar-refractivity contribution < 1.29 is 27.5 Å². The summed E-state index contributed by atoms with van der Waals surface area (Å²) in [5, 5.41) is 0.438. The molecule has 0 spiro atoms. The molecule has 0 saturated carbocycles. The minimum atomic E-state index is -4.08. The van der Waals surface area contributed by atoms with Gasteiger partial charge in [-0.15, -0.1) is 0 Å². The highest BCUT2D eigenvalue weighted by atomic mass is 32.3. The van der Waals surface area contributed by atoms with Crippen molar-refractivity contribution >= 4 is 38.9 Å². The molecule has 1 aromatic heterocycles. The number of para-hydroxylation sites is 1. The van der Waals surface area contributed by atoms with E-state index >= 15 is 0 Å². The molecule has 0 aliphatic carbocycles. The molecule has 1 heterocycles. The number of nitrogens with zero attached hydrogens (tertiary/aromatic N) is 1. The van der Waals surface area contributed by atoms with E-state index in [2.05, 4.69) is 0 Å². The number of benzene rings is 3. The second kappa shape index (κ2) is 8.41. The summed E-state index contributed by atoms with van der Waals surface area (Å²) in [5.41, 5.74) is 0.859. The molecule has 0 aliphatic heterocycles. The van der Waals surface area contributed by atoms with Crippen LogP contribution in [0.15, 0.2) is 88.2 Å². The lowest BCUT2D eigenvalue weighted by molar-refractivity contribution is 0.101. The number of ether oxygens (including phenoxy) is 1. The Morgan fingerprint density at radius 2 is 1.59 bits per heavy atom. The normalized spacial score (nSPS) is 12.8. The maximum Gasteiger partial charge on any atom is 0.464 e. The second-order valence-electron chi connectivity index (χ2n) is 7.05. The number of hydrogen-bond donors (Lipinski definition) is 1. The summed E-state index contributed by atoms with van der Waals surface area (Å²) in [5.74, 6) is 0.427. The van der Waals surface area contributed by atoms with Crippen LogP contribution in [0.3, 0.4) is 0 Å². The van der Waals surface area contributed by atoms with Crippen molar-refractivity contribution in [3.63, 3.8) is 0 Å². The fourth-order valence-electron chi connectivity index (χ4n) is 3.46. The van der Waals surface area contributed by atoms with Crippen molar-refractivity contribution in [2.24, 2.45) is 0 Å². The third-order valence-corrected chi connectivity index (χ3v) is 6.59. The first-order valence-corrected chi connectivity index (χ1v) is 11.2. The predicted molar refractivity (Wildman–Crippen MR) is 121 cm³/mol. The number of ketones is 1. The summed E-state index contributed by atoms with van der Waals surface area (Å²) < 4.78 is 36.4. The lowest BCUT2D eigenvalue weighted by atomic mass is 10.1. The maximum atomic E-state index is 13.6. The highest BCUT2D eigenvalue weighted by molar-refractivity contribution is 7.99. The smallest absolute Gasteiger partial charge is 0.461 e. The Bertz CT molecular complexity index is 1350. The van der Waals surface area contributed by atoms with Gasteiger partial charge in [0.2, 0.25) is 4.90 Å². The number of aryl methyl sites for hydroxylation is 1. The molecule has 32 heavy (non-hydrogen) atoms. The summed E-state index contributed by atoms with van der Waals surface area (Å²) in [7, 11) is -4.08. The molecule has 0 fully saturated rings. The van der Waals surface area contributed by atoms with Crippen molar-refractivity contribution in [1.82, 2.24) is 0 Å². The molecule has 0 bridgehead atoms. The first-order valence-electron chi connectivity index (χ1n) is 9.72. The number of fused-ring (bicyclic) bond motifs is 1. The Morgan fingerprint density at radius 1 is 0.969 bits per heavy atom. The van der Waals surface area contributed by atoms with Crippen LogP contribution < -0.4 is 9.04 Å². The van der Waals surface area contributed by atoms with Crippen molar-refractivity contribution in [3.8, 4) is 5.75 Å². The molecule has 8 heteroatoms. The van der Waals surface area contributed by atoms with Gasteiger partial charge in [-0.1, -0.05) is 40.7 Å². The van der Waals surface area contributed by atoms with Gasteiger partial charge >= 0.3 is 16.5 Å². The zero-order valence-electron chi connectivity index (χ0n) is 17.3. The van der Waals surface area contributed by atoms with E-state index in [0.717, 1.165) is 0 Å². The van der Waals surface area contributed by atoms with E-state index in [9.17, 15) is 18.4 Å². The molecule has 1 atom stereocenters. The standard InChI is InChI=1S/C24H19NO6S/c1-16(26)23-17(2)30-22-14-13-18(15-21(22)23)25(24(27)31-19-9-5-3-6-10-19)32(28,29)20-11-7-4-8-12-20/h3-15H,1-2H3/p+1. The van der Waals surface area contributed by atoms with E-state index in [1.54, 1.807) is 61.5 Å². The van der Waals surface area contributed by atoms with Crippen LogP contribution in [0.25, 0.3) is 11.0 Å². The van der Waals surface area contributed by atoms with Crippen LogP contribution in [-0.2, 0) is 14.6 Å². The van der Waals surface area contributed by atoms with E-state index in [1.165, 1.54) is 31.2 Å². The Kier molecular flexibility index (Phi) is 5.65. The van der Waals surface area contributed by atoms with Crippen LogP contribution in [0.1, 0.15) is 23.0 Å². The van der Waals surface area contributed by atoms with Crippen LogP contribution in [0.5, 0.6) is 5.75 Å². The van der Waals surface area contributed by atoms with E-state index in [1.807, 2.05) is 0 Å². The molecule has 4 aromatic rings. The number of rotatable bonds is 5. The number of Topliss-reactive ketones (excluding diaryl/α,β-unsaturated/α-hetero) is 1. The zero-order valence-corrected chi connectivity index (χ0v) is 18.2. The zero-order chi connectivity index (χ0) is 22.9. The number of carbonyl (C=O) groups is 2. The lowest BCUT2D eigenvalue weighted by Gasteiger charge is -2.19. The van der Waals surface area contributed by atoms with Crippen LogP contribution >= 0.6 is 0 Å². The third-order valence-electron chi connectivity index (χ3n) is 4.85. The van der Waals surface area contributed by atoms with Crippen LogP contribution in [0.4, 0.5) is 10.5 Å². The average Bonchev–Trinajstić information content (AvgIpc) is 3.10. The highest BCUT2D eigenvalue weighted by Gasteiger charge is 2.45. The van der Waals surface area contributed by atoms with Gasteiger partial charge < -0.3 is 9.15 Å². The first kappa shape index (κ1) is 21.5. The molecule has 1 amide bonds. The summed E-state index contributed by atoms with van der Waals surface area (Å²) >= 11 is 0. The van der Waals surface area contributed by atoms with Gasteiger partial charge in [-0.2, -0.15) is 4.55 Å². The molecule has 7 nitrogen and oxygen atoms in total. The molecule has 0 radical (unpaired) electrons.